The van der Waals surface area contributed by atoms with E-state index in [-0.39, 0.29) is 6.61 Å². The lowest BCUT2D eigenvalue weighted by atomic mass is 10.0. The molecule has 0 aliphatic carbocycles. The smallest absolute Gasteiger partial charge is 0.420 e. The molecule has 3 aromatic carbocycles. The summed E-state index contributed by atoms with van der Waals surface area (Å²) in [7, 11) is 0. The van der Waals surface area contributed by atoms with E-state index in [4.69, 9.17) is 4.74 Å². The molecule has 0 aliphatic rings. The number of carbonyl (C=O) groups excluding carboxylic acids is 1. The van der Waals surface area contributed by atoms with E-state index in [0.717, 1.165) is 11.1 Å². The van der Waals surface area contributed by atoms with Gasteiger partial charge in [-0.15, -0.1) is 0 Å². The maximum Gasteiger partial charge on any atom is 0.420 e. The van der Waals surface area contributed by atoms with Gasteiger partial charge in [-0.2, -0.15) is 18.3 Å². The predicted molar refractivity (Wildman–Crippen MR) is 139 cm³/mol. The summed E-state index contributed by atoms with van der Waals surface area (Å²) < 4.78 is 47.9. The molecule has 0 bridgehead atoms. The highest BCUT2D eigenvalue weighted by Crippen LogP contribution is 2.32. The van der Waals surface area contributed by atoms with Crippen molar-refractivity contribution >= 4 is 22.6 Å². The third kappa shape index (κ3) is 5.98. The van der Waals surface area contributed by atoms with E-state index in [1.54, 1.807) is 41.9 Å². The van der Waals surface area contributed by atoms with Gasteiger partial charge in [0.15, 0.2) is 5.60 Å². The van der Waals surface area contributed by atoms with Crippen LogP contribution in [0, 0.1) is 6.92 Å². The third-order valence-corrected chi connectivity index (χ3v) is 6.14. The lowest BCUT2D eigenvalue weighted by Crippen LogP contribution is -2.57. The van der Waals surface area contributed by atoms with E-state index >= 15 is 0 Å². The van der Waals surface area contributed by atoms with Crippen LogP contribution in [0.3, 0.4) is 0 Å². The van der Waals surface area contributed by atoms with Gasteiger partial charge in [-0.05, 0) is 54.9 Å². The number of rotatable bonds is 10. The number of hydrogen-bond donors (Lipinski definition) is 3. The molecule has 1 atom stereocenters. The topological polar surface area (TPSA) is 88.4 Å². The molecule has 0 saturated carbocycles. The van der Waals surface area contributed by atoms with E-state index in [9.17, 15) is 23.1 Å². The number of likely N-dealkylation sites (N-methyl/N-ethyl adjacent to an activating group) is 1. The number of aromatic nitrogens is 2. The second kappa shape index (κ2) is 11.2. The zero-order valence-corrected chi connectivity index (χ0v) is 21.0. The van der Waals surface area contributed by atoms with Crippen LogP contribution in [0.25, 0.3) is 16.6 Å². The summed E-state index contributed by atoms with van der Waals surface area (Å²) >= 11 is 0. The number of anilines is 1. The second-order valence-electron chi connectivity index (χ2n) is 9.08. The molecule has 0 fully saturated rings. The van der Waals surface area contributed by atoms with Gasteiger partial charge in [0.05, 0.1) is 29.5 Å². The lowest BCUT2D eigenvalue weighted by Gasteiger charge is -2.31. The van der Waals surface area contributed by atoms with E-state index in [1.807, 2.05) is 43.3 Å². The van der Waals surface area contributed by atoms with Crippen LogP contribution in [-0.4, -0.2) is 52.3 Å². The summed E-state index contributed by atoms with van der Waals surface area (Å²) in [4.78, 5) is 12.7. The molecule has 1 heterocycles. The minimum absolute atomic E-state index is 0.140. The monoisotopic (exact) mass is 526 g/mol. The number of aryl methyl sites for hydroxylation is 1. The van der Waals surface area contributed by atoms with E-state index < -0.39 is 30.8 Å². The van der Waals surface area contributed by atoms with Crippen molar-refractivity contribution < 1.29 is 27.8 Å². The maximum atomic E-state index is 13.6. The molecule has 0 amide bonds. The zero-order chi connectivity index (χ0) is 27.3. The Balaban J connectivity index is 1.58. The maximum absolute atomic E-state index is 13.6. The number of carbonyl (C=O) groups is 1. The Hall–Kier alpha value is -3.89. The van der Waals surface area contributed by atoms with E-state index in [2.05, 4.69) is 15.7 Å². The quantitative estimate of drug-likeness (QED) is 0.252. The van der Waals surface area contributed by atoms with Crippen molar-refractivity contribution in [3.63, 3.8) is 0 Å². The number of fused-ring (bicyclic) bond motifs is 1. The van der Waals surface area contributed by atoms with Crippen LogP contribution in [0.15, 0.2) is 72.9 Å². The summed E-state index contributed by atoms with van der Waals surface area (Å²) in [5.74, 6) is -0.488. The third-order valence-electron chi connectivity index (χ3n) is 6.14. The lowest BCUT2D eigenvalue weighted by molar-refractivity contribution is -0.252. The fraction of sp³-hybridized carbons (Fsp3) is 0.286. The molecule has 0 radical (unpaired) electrons. The molecule has 7 nitrogen and oxygen atoms in total. The van der Waals surface area contributed by atoms with Crippen LogP contribution < -0.4 is 10.6 Å². The minimum Gasteiger partial charge on any atom is -0.457 e. The van der Waals surface area contributed by atoms with E-state index in [0.29, 0.717) is 34.4 Å². The highest BCUT2D eigenvalue weighted by Gasteiger charge is 2.53. The van der Waals surface area contributed by atoms with Crippen LogP contribution in [-0.2, 0) is 11.3 Å². The number of hydrogen-bond acceptors (Lipinski definition) is 6. The zero-order valence-electron chi connectivity index (χ0n) is 21.0. The number of nitrogens with one attached hydrogen (secondary N) is 2. The van der Waals surface area contributed by atoms with Crippen molar-refractivity contribution in [2.24, 2.45) is 0 Å². The van der Waals surface area contributed by atoms with Crippen LogP contribution in [0.1, 0.15) is 28.4 Å². The summed E-state index contributed by atoms with van der Waals surface area (Å²) in [6.45, 7) is 2.53. The summed E-state index contributed by atoms with van der Waals surface area (Å²) in [5, 5.41) is 20.7. The number of alkyl halides is 3. The average molecular weight is 527 g/mol. The largest absolute Gasteiger partial charge is 0.457 e. The molecule has 4 rings (SSSR count). The number of aliphatic hydroxyl groups is 1. The Morgan fingerprint density at radius 1 is 1.05 bits per heavy atom. The summed E-state index contributed by atoms with van der Waals surface area (Å²) in [6.07, 6.45) is -3.29. The van der Waals surface area contributed by atoms with Gasteiger partial charge < -0.3 is 20.5 Å². The molecule has 38 heavy (non-hydrogen) atoms. The first-order valence-electron chi connectivity index (χ1n) is 12.1. The first-order valence-corrected chi connectivity index (χ1v) is 12.1. The Kier molecular flexibility index (Phi) is 8.03. The van der Waals surface area contributed by atoms with Crippen molar-refractivity contribution in [3.05, 3.63) is 89.6 Å². The van der Waals surface area contributed by atoms with Gasteiger partial charge in [-0.3, -0.25) is 0 Å². The van der Waals surface area contributed by atoms with Crippen LogP contribution >= 0.6 is 0 Å². The molecular formula is C28H29F3N4O3. The molecule has 3 N–H and O–H groups in total. The fourth-order valence-corrected chi connectivity index (χ4v) is 4.03. The van der Waals surface area contributed by atoms with Crippen molar-refractivity contribution in [1.82, 2.24) is 15.1 Å². The minimum atomic E-state index is -4.83. The highest BCUT2D eigenvalue weighted by atomic mass is 19.4. The number of benzene rings is 3. The molecule has 4 aromatic rings. The van der Waals surface area contributed by atoms with Gasteiger partial charge >= 0.3 is 12.1 Å². The summed E-state index contributed by atoms with van der Waals surface area (Å²) in [5.41, 5.74) is 0.657. The van der Waals surface area contributed by atoms with Gasteiger partial charge in [0.25, 0.3) is 0 Å². The first-order chi connectivity index (χ1) is 18.1. The predicted octanol–water partition coefficient (Wildman–Crippen LogP) is 5.01. The Morgan fingerprint density at radius 2 is 1.82 bits per heavy atom. The molecule has 1 unspecified atom stereocenters. The fourth-order valence-electron chi connectivity index (χ4n) is 4.03. The molecule has 200 valence electrons. The van der Waals surface area contributed by atoms with Crippen LogP contribution in [0.2, 0.25) is 0 Å². The average Bonchev–Trinajstić information content (AvgIpc) is 3.33. The molecular weight excluding hydrogens is 497 g/mol. The first kappa shape index (κ1) is 27.2. The Bertz CT molecular complexity index is 1410. The van der Waals surface area contributed by atoms with Crippen LogP contribution in [0.4, 0.5) is 18.9 Å². The van der Waals surface area contributed by atoms with Crippen molar-refractivity contribution in [1.29, 1.82) is 0 Å². The van der Waals surface area contributed by atoms with Crippen molar-refractivity contribution in [3.8, 4) is 5.69 Å². The second-order valence-corrected chi connectivity index (χ2v) is 9.08. The number of halogens is 3. The highest BCUT2D eigenvalue weighted by molar-refractivity contribution is 5.94. The van der Waals surface area contributed by atoms with Gasteiger partial charge in [0.1, 0.15) is 6.61 Å². The molecule has 10 heteroatoms. The van der Waals surface area contributed by atoms with Gasteiger partial charge in [-0.25, -0.2) is 9.48 Å². The van der Waals surface area contributed by atoms with Crippen molar-refractivity contribution in [2.45, 2.75) is 32.2 Å². The van der Waals surface area contributed by atoms with Gasteiger partial charge in [0.2, 0.25) is 0 Å². The SMILES string of the molecule is CCNCC(O)(CNc1cc(C)cc2c1cnn2-c1cccc(C(=O)OCc2ccccc2)c1)C(F)(F)F. The Morgan fingerprint density at radius 3 is 2.53 bits per heavy atom. The molecule has 0 aliphatic heterocycles. The standard InChI is InChI=1S/C28H29F3N4O3/c1-3-32-17-27(37,28(29,30)31)18-33-24-12-19(2)13-25-23(24)15-34-35(25)22-11-7-10-21(14-22)26(36)38-16-20-8-5-4-6-9-20/h4-15,32-33,37H,3,16-18H2,1-2H3. The van der Waals surface area contributed by atoms with E-state index in [1.165, 1.54) is 6.20 Å². The summed E-state index contributed by atoms with van der Waals surface area (Å²) in [6, 6.07) is 19.7. The molecule has 0 saturated heterocycles. The van der Waals surface area contributed by atoms with Crippen molar-refractivity contribution in [2.75, 3.05) is 25.0 Å². The number of esters is 1. The van der Waals surface area contributed by atoms with Gasteiger partial charge in [-0.1, -0.05) is 43.3 Å². The Labute approximate surface area is 218 Å². The molecule has 0 spiro atoms. The van der Waals surface area contributed by atoms with Crippen LogP contribution in [0.5, 0.6) is 0 Å². The number of nitrogens with zero attached hydrogens (tertiary/aromatic N) is 2. The number of ether oxygens (including phenoxy) is 1. The molecule has 1 aromatic heterocycles. The normalized spacial score (nSPS) is 13.3. The van der Waals surface area contributed by atoms with Gasteiger partial charge in [0, 0.05) is 17.6 Å².